The van der Waals surface area contributed by atoms with Gasteiger partial charge in [-0.3, -0.25) is 0 Å². The Bertz CT molecular complexity index is 787. The van der Waals surface area contributed by atoms with E-state index in [4.69, 9.17) is 16.7 Å². The number of carbonyl (C=O) groups is 1. The van der Waals surface area contributed by atoms with Crippen molar-refractivity contribution in [1.82, 2.24) is 25.0 Å². The smallest absolute Gasteiger partial charge is 0.374 e. The summed E-state index contributed by atoms with van der Waals surface area (Å²) in [6.07, 6.45) is 0. The Kier molecular flexibility index (Phi) is 3.03. The maximum absolute atomic E-state index is 11.0. The number of hydrogen-bond acceptors (Lipinski definition) is 5. The number of nitrogens with zero attached hydrogens (tertiary/aromatic N) is 5. The Morgan fingerprint density at radius 1 is 1.25 bits per heavy atom. The largest absolute Gasteiger partial charge is 0.475 e. The summed E-state index contributed by atoms with van der Waals surface area (Å²) in [6, 6.07) is 9.56. The molecule has 8 heteroatoms. The van der Waals surface area contributed by atoms with Gasteiger partial charge in [-0.2, -0.15) is 0 Å². The van der Waals surface area contributed by atoms with Crippen LogP contribution in [0, 0.1) is 0 Å². The van der Waals surface area contributed by atoms with Crippen LogP contribution in [0.5, 0.6) is 0 Å². The predicted molar refractivity (Wildman–Crippen MR) is 70.6 cm³/mol. The number of carboxylic acid groups (broad SMARTS) is 1. The van der Waals surface area contributed by atoms with Crippen LogP contribution < -0.4 is 0 Å². The van der Waals surface area contributed by atoms with Crippen molar-refractivity contribution >= 4 is 28.7 Å². The minimum atomic E-state index is -1.25. The molecule has 2 aromatic heterocycles. The topological polar surface area (TPSA) is 93.8 Å². The predicted octanol–water partition coefficient (Wildman–Crippen LogP) is 1.62. The second-order valence-electron chi connectivity index (χ2n) is 4.05. The van der Waals surface area contributed by atoms with E-state index in [1.54, 1.807) is 0 Å². The van der Waals surface area contributed by atoms with Crippen molar-refractivity contribution in [3.8, 4) is 0 Å². The average Bonchev–Trinajstić information content (AvgIpc) is 2.84. The Balaban J connectivity index is 2.10. The molecular weight excluding hydrogens is 282 g/mol. The van der Waals surface area contributed by atoms with Gasteiger partial charge in [-0.05, 0) is 5.56 Å². The molecule has 3 aromatic rings. The first-order chi connectivity index (χ1) is 9.65. The molecule has 0 spiro atoms. The maximum Gasteiger partial charge on any atom is 0.374 e. The van der Waals surface area contributed by atoms with Gasteiger partial charge in [0.15, 0.2) is 16.3 Å². The van der Waals surface area contributed by atoms with Gasteiger partial charge in [0, 0.05) is 0 Å². The van der Waals surface area contributed by atoms with Gasteiger partial charge in [-0.15, -0.1) is 5.10 Å². The molecule has 3 rings (SSSR count). The van der Waals surface area contributed by atoms with Crippen molar-refractivity contribution in [3.63, 3.8) is 0 Å². The third-order valence-corrected chi connectivity index (χ3v) is 2.95. The monoisotopic (exact) mass is 289 g/mol. The molecule has 0 atom stereocenters. The zero-order chi connectivity index (χ0) is 14.1. The van der Waals surface area contributed by atoms with E-state index in [0.717, 1.165) is 5.56 Å². The van der Waals surface area contributed by atoms with Crippen molar-refractivity contribution < 1.29 is 9.90 Å². The minimum Gasteiger partial charge on any atom is -0.475 e. The lowest BCUT2D eigenvalue weighted by Crippen LogP contribution is -2.08. The Labute approximate surface area is 117 Å². The molecule has 0 saturated carbocycles. The van der Waals surface area contributed by atoms with E-state index in [2.05, 4.69) is 20.3 Å². The van der Waals surface area contributed by atoms with E-state index in [1.165, 1.54) is 4.68 Å². The van der Waals surface area contributed by atoms with Crippen LogP contribution in [0.3, 0.4) is 0 Å². The number of halogens is 1. The third-order valence-electron chi connectivity index (χ3n) is 2.69. The zero-order valence-corrected chi connectivity index (χ0v) is 10.8. The summed E-state index contributed by atoms with van der Waals surface area (Å²) >= 11 is 5.89. The first kappa shape index (κ1) is 12.5. The molecule has 1 aromatic carbocycles. The summed E-state index contributed by atoms with van der Waals surface area (Å²) in [6.45, 7) is 0.420. The molecule has 0 aliphatic heterocycles. The molecule has 0 bridgehead atoms. The second-order valence-corrected chi connectivity index (χ2v) is 4.41. The lowest BCUT2D eigenvalue weighted by atomic mass is 10.2. The fraction of sp³-hybridized carbons (Fsp3) is 0.0833. The van der Waals surface area contributed by atoms with E-state index in [9.17, 15) is 4.79 Å². The van der Waals surface area contributed by atoms with Crippen LogP contribution >= 0.6 is 11.6 Å². The molecule has 0 aliphatic carbocycles. The van der Waals surface area contributed by atoms with Crippen LogP contribution in [0.15, 0.2) is 30.3 Å². The molecule has 0 saturated heterocycles. The van der Waals surface area contributed by atoms with Crippen molar-refractivity contribution in [2.45, 2.75) is 6.54 Å². The molecule has 1 N–H and O–H groups in total. The molecule has 0 amide bonds. The fourth-order valence-corrected chi connectivity index (χ4v) is 1.98. The molecule has 0 aliphatic rings. The van der Waals surface area contributed by atoms with Crippen molar-refractivity contribution in [1.29, 1.82) is 0 Å². The van der Waals surface area contributed by atoms with Crippen LogP contribution in [0.1, 0.15) is 16.2 Å². The van der Waals surface area contributed by atoms with Gasteiger partial charge in [0.1, 0.15) is 0 Å². The highest BCUT2D eigenvalue weighted by molar-refractivity contribution is 6.33. The van der Waals surface area contributed by atoms with Gasteiger partial charge < -0.3 is 5.11 Å². The highest BCUT2D eigenvalue weighted by Crippen LogP contribution is 2.18. The highest BCUT2D eigenvalue weighted by Gasteiger charge is 2.16. The quantitative estimate of drug-likeness (QED) is 0.736. The lowest BCUT2D eigenvalue weighted by molar-refractivity contribution is 0.0684. The number of aromatic carboxylic acids is 1. The number of rotatable bonds is 3. The number of hydrogen-bond donors (Lipinski definition) is 1. The van der Waals surface area contributed by atoms with Crippen LogP contribution in [0.4, 0.5) is 0 Å². The van der Waals surface area contributed by atoms with Crippen molar-refractivity contribution in [2.75, 3.05) is 0 Å². The van der Waals surface area contributed by atoms with E-state index in [-0.39, 0.29) is 16.5 Å². The van der Waals surface area contributed by atoms with Crippen molar-refractivity contribution in [2.24, 2.45) is 0 Å². The number of fused-ring (bicyclic) bond motifs is 1. The molecule has 0 radical (unpaired) electrons. The molecule has 0 fully saturated rings. The van der Waals surface area contributed by atoms with Gasteiger partial charge in [0.25, 0.3) is 0 Å². The second kappa shape index (κ2) is 4.86. The summed E-state index contributed by atoms with van der Waals surface area (Å²) in [4.78, 5) is 18.5. The summed E-state index contributed by atoms with van der Waals surface area (Å²) in [5, 5.41) is 16.7. The Morgan fingerprint density at radius 2 is 2.00 bits per heavy atom. The van der Waals surface area contributed by atoms with Gasteiger partial charge >= 0.3 is 5.97 Å². The third kappa shape index (κ3) is 2.19. The van der Waals surface area contributed by atoms with Crippen LogP contribution in [0.25, 0.3) is 11.2 Å². The number of aromatic nitrogens is 5. The van der Waals surface area contributed by atoms with Gasteiger partial charge in [0.05, 0.1) is 6.54 Å². The minimum absolute atomic E-state index is 0.0216. The maximum atomic E-state index is 11.0. The molecule has 7 nitrogen and oxygen atoms in total. The fourth-order valence-electron chi connectivity index (χ4n) is 1.78. The normalized spacial score (nSPS) is 10.8. The Hall–Kier alpha value is -2.54. The zero-order valence-electron chi connectivity index (χ0n) is 10.1. The number of carboxylic acids is 1. The van der Waals surface area contributed by atoms with E-state index in [1.807, 2.05) is 30.3 Å². The molecular formula is C12H8ClN5O2. The van der Waals surface area contributed by atoms with Gasteiger partial charge in [-0.1, -0.05) is 47.1 Å². The van der Waals surface area contributed by atoms with Crippen LogP contribution in [-0.2, 0) is 6.54 Å². The summed E-state index contributed by atoms with van der Waals surface area (Å²) in [5.41, 5.74) is 1.57. The lowest BCUT2D eigenvalue weighted by Gasteiger charge is -2.02. The average molecular weight is 290 g/mol. The van der Waals surface area contributed by atoms with Crippen molar-refractivity contribution in [3.05, 3.63) is 46.9 Å². The first-order valence-electron chi connectivity index (χ1n) is 5.69. The molecule has 20 heavy (non-hydrogen) atoms. The highest BCUT2D eigenvalue weighted by atomic mass is 35.5. The van der Waals surface area contributed by atoms with Crippen LogP contribution in [0.2, 0.25) is 5.15 Å². The SMILES string of the molecule is O=C(O)c1nc(Cl)c2nnn(Cc3ccccc3)c2n1. The van der Waals surface area contributed by atoms with E-state index in [0.29, 0.717) is 12.2 Å². The van der Waals surface area contributed by atoms with E-state index < -0.39 is 5.97 Å². The summed E-state index contributed by atoms with van der Waals surface area (Å²) < 4.78 is 1.49. The Morgan fingerprint density at radius 3 is 2.70 bits per heavy atom. The summed E-state index contributed by atoms with van der Waals surface area (Å²) in [5.74, 6) is -1.62. The summed E-state index contributed by atoms with van der Waals surface area (Å²) in [7, 11) is 0. The number of benzene rings is 1. The van der Waals surface area contributed by atoms with Gasteiger partial charge in [-0.25, -0.2) is 19.4 Å². The molecule has 2 heterocycles. The molecule has 0 unspecified atom stereocenters. The molecule has 100 valence electrons. The van der Waals surface area contributed by atoms with Gasteiger partial charge in [0.2, 0.25) is 5.82 Å². The standard InChI is InChI=1S/C12H8ClN5O2/c13-9-8-11(15-10(14-9)12(19)20)18(17-16-8)6-7-4-2-1-3-5-7/h1-5H,6H2,(H,19,20). The van der Waals surface area contributed by atoms with Crippen LogP contribution in [-0.4, -0.2) is 36.0 Å². The first-order valence-corrected chi connectivity index (χ1v) is 6.07. The van der Waals surface area contributed by atoms with E-state index >= 15 is 0 Å².